The third kappa shape index (κ3) is 3.11. The zero-order chi connectivity index (χ0) is 17.1. The monoisotopic (exact) mass is 323 g/mol. The summed E-state index contributed by atoms with van der Waals surface area (Å²) in [5.74, 6) is -0.320. The van der Waals surface area contributed by atoms with Crippen molar-refractivity contribution in [3.05, 3.63) is 58.7 Å². The lowest BCUT2D eigenvalue weighted by Crippen LogP contribution is -2.21. The van der Waals surface area contributed by atoms with Gasteiger partial charge in [-0.2, -0.15) is 0 Å². The van der Waals surface area contributed by atoms with Crippen LogP contribution in [-0.2, 0) is 6.42 Å². The van der Waals surface area contributed by atoms with Crippen LogP contribution < -0.4 is 16.0 Å². The fourth-order valence-corrected chi connectivity index (χ4v) is 2.95. The number of benzene rings is 2. The Morgan fingerprint density at radius 1 is 1.12 bits per heavy atom. The van der Waals surface area contributed by atoms with Crippen LogP contribution in [0.25, 0.3) is 0 Å². The first-order valence-electron chi connectivity index (χ1n) is 8.10. The molecule has 5 nitrogen and oxygen atoms in total. The first-order valence-corrected chi connectivity index (χ1v) is 8.10. The molecule has 0 aromatic heterocycles. The fourth-order valence-electron chi connectivity index (χ4n) is 2.95. The normalized spacial score (nSPS) is 12.8. The number of carbonyl (C=O) groups excluding carboxylic acids is 2. The smallest absolute Gasteiger partial charge is 0.256 e. The van der Waals surface area contributed by atoms with Crippen molar-refractivity contribution in [1.29, 1.82) is 0 Å². The van der Waals surface area contributed by atoms with Crippen LogP contribution in [0.1, 0.15) is 38.3 Å². The molecule has 0 bridgehead atoms. The predicted octanol–water partition coefficient (Wildman–Crippen LogP) is 2.97. The SMILES string of the molecule is CNC(=O)c1ccc(C)c(NC(=O)c2cccc3c2CCCN3)c1. The summed E-state index contributed by atoms with van der Waals surface area (Å²) >= 11 is 0. The van der Waals surface area contributed by atoms with E-state index in [1.54, 1.807) is 19.2 Å². The van der Waals surface area contributed by atoms with Crippen molar-refractivity contribution in [1.82, 2.24) is 5.32 Å². The Morgan fingerprint density at radius 3 is 2.75 bits per heavy atom. The quantitative estimate of drug-likeness (QED) is 0.813. The fraction of sp³-hybridized carbons (Fsp3) is 0.263. The predicted molar refractivity (Wildman–Crippen MR) is 95.8 cm³/mol. The Bertz CT molecular complexity index is 799. The zero-order valence-electron chi connectivity index (χ0n) is 13.9. The van der Waals surface area contributed by atoms with Crippen molar-refractivity contribution >= 4 is 23.2 Å². The van der Waals surface area contributed by atoms with E-state index >= 15 is 0 Å². The second-order valence-corrected chi connectivity index (χ2v) is 5.92. The molecule has 0 radical (unpaired) electrons. The molecular formula is C19H21N3O2. The Hall–Kier alpha value is -2.82. The van der Waals surface area contributed by atoms with Crippen molar-refractivity contribution in [2.75, 3.05) is 24.2 Å². The molecule has 124 valence electrons. The molecule has 3 N–H and O–H groups in total. The first kappa shape index (κ1) is 16.1. The number of rotatable bonds is 3. The van der Waals surface area contributed by atoms with Crippen LogP contribution in [0.15, 0.2) is 36.4 Å². The van der Waals surface area contributed by atoms with Crippen LogP contribution in [0.3, 0.4) is 0 Å². The van der Waals surface area contributed by atoms with Crippen molar-refractivity contribution in [2.24, 2.45) is 0 Å². The molecule has 3 rings (SSSR count). The van der Waals surface area contributed by atoms with Crippen LogP contribution in [0, 0.1) is 6.92 Å². The number of amides is 2. The van der Waals surface area contributed by atoms with Gasteiger partial charge in [0.15, 0.2) is 0 Å². The van der Waals surface area contributed by atoms with E-state index in [4.69, 9.17) is 0 Å². The lowest BCUT2D eigenvalue weighted by molar-refractivity contribution is 0.0961. The van der Waals surface area contributed by atoms with E-state index in [0.29, 0.717) is 16.8 Å². The van der Waals surface area contributed by atoms with Gasteiger partial charge in [-0.25, -0.2) is 0 Å². The van der Waals surface area contributed by atoms with E-state index in [2.05, 4.69) is 16.0 Å². The summed E-state index contributed by atoms with van der Waals surface area (Å²) in [4.78, 5) is 24.5. The molecule has 24 heavy (non-hydrogen) atoms. The zero-order valence-corrected chi connectivity index (χ0v) is 13.9. The number of nitrogens with one attached hydrogen (secondary N) is 3. The highest BCUT2D eigenvalue weighted by molar-refractivity contribution is 6.07. The third-order valence-corrected chi connectivity index (χ3v) is 4.31. The second kappa shape index (κ2) is 6.74. The Balaban J connectivity index is 1.89. The minimum absolute atomic E-state index is 0.146. The van der Waals surface area contributed by atoms with Gasteiger partial charge >= 0.3 is 0 Å². The number of hydrogen-bond acceptors (Lipinski definition) is 3. The Kier molecular flexibility index (Phi) is 4.51. The molecular weight excluding hydrogens is 302 g/mol. The van der Waals surface area contributed by atoms with Crippen molar-refractivity contribution in [3.63, 3.8) is 0 Å². The summed E-state index contributed by atoms with van der Waals surface area (Å²) in [6.07, 6.45) is 1.91. The molecule has 5 heteroatoms. The van der Waals surface area contributed by atoms with Crippen LogP contribution >= 0.6 is 0 Å². The number of carbonyl (C=O) groups is 2. The summed E-state index contributed by atoms with van der Waals surface area (Å²) in [5, 5.41) is 8.88. The maximum absolute atomic E-state index is 12.7. The molecule has 2 amide bonds. The Morgan fingerprint density at radius 2 is 1.96 bits per heavy atom. The Labute approximate surface area is 141 Å². The molecule has 1 aliphatic rings. The van der Waals surface area contributed by atoms with Crippen molar-refractivity contribution in [3.8, 4) is 0 Å². The molecule has 0 unspecified atom stereocenters. The third-order valence-electron chi connectivity index (χ3n) is 4.31. The van der Waals surface area contributed by atoms with Gasteiger partial charge in [0.05, 0.1) is 0 Å². The summed E-state index contributed by atoms with van der Waals surface area (Å²) in [5.41, 5.74) is 4.87. The van der Waals surface area contributed by atoms with Crippen LogP contribution in [0.4, 0.5) is 11.4 Å². The first-order chi connectivity index (χ1) is 11.6. The maximum atomic E-state index is 12.7. The van der Waals surface area contributed by atoms with Crippen molar-refractivity contribution in [2.45, 2.75) is 19.8 Å². The van der Waals surface area contributed by atoms with Crippen LogP contribution in [-0.4, -0.2) is 25.4 Å². The standard InChI is InChI=1S/C19H21N3O2/c1-12-8-9-13(18(23)20-2)11-17(12)22-19(24)15-5-3-7-16-14(15)6-4-10-21-16/h3,5,7-9,11,21H,4,6,10H2,1-2H3,(H,20,23)(H,22,24). The molecule has 1 aliphatic heterocycles. The molecule has 0 atom stereocenters. The molecule has 0 saturated carbocycles. The van der Waals surface area contributed by atoms with E-state index in [0.717, 1.165) is 36.2 Å². The van der Waals surface area contributed by atoms with E-state index in [1.807, 2.05) is 31.2 Å². The minimum Gasteiger partial charge on any atom is -0.385 e. The molecule has 1 heterocycles. The van der Waals surface area contributed by atoms with Gasteiger partial charge in [-0.1, -0.05) is 12.1 Å². The lowest BCUT2D eigenvalue weighted by Gasteiger charge is -2.21. The van der Waals surface area contributed by atoms with Gasteiger partial charge in [-0.05, 0) is 55.2 Å². The van der Waals surface area contributed by atoms with Crippen LogP contribution in [0.5, 0.6) is 0 Å². The number of aryl methyl sites for hydroxylation is 1. The summed E-state index contributed by atoms with van der Waals surface area (Å²) < 4.78 is 0. The van der Waals surface area contributed by atoms with Gasteiger partial charge in [-0.3, -0.25) is 9.59 Å². The largest absolute Gasteiger partial charge is 0.385 e. The van der Waals surface area contributed by atoms with Gasteiger partial charge in [0.25, 0.3) is 11.8 Å². The van der Waals surface area contributed by atoms with E-state index in [-0.39, 0.29) is 11.8 Å². The van der Waals surface area contributed by atoms with Gasteiger partial charge in [0.1, 0.15) is 0 Å². The van der Waals surface area contributed by atoms with Crippen LogP contribution in [0.2, 0.25) is 0 Å². The van der Waals surface area contributed by atoms with E-state index in [9.17, 15) is 9.59 Å². The number of anilines is 2. The highest BCUT2D eigenvalue weighted by Crippen LogP contribution is 2.26. The highest BCUT2D eigenvalue weighted by atomic mass is 16.2. The molecule has 0 spiro atoms. The minimum atomic E-state index is -0.174. The summed E-state index contributed by atoms with van der Waals surface area (Å²) in [6.45, 7) is 2.84. The number of fused-ring (bicyclic) bond motifs is 1. The molecule has 0 fully saturated rings. The highest BCUT2D eigenvalue weighted by Gasteiger charge is 2.18. The van der Waals surface area contributed by atoms with Gasteiger partial charge in [-0.15, -0.1) is 0 Å². The average Bonchev–Trinajstić information content (AvgIpc) is 2.62. The van der Waals surface area contributed by atoms with Crippen molar-refractivity contribution < 1.29 is 9.59 Å². The topological polar surface area (TPSA) is 70.2 Å². The maximum Gasteiger partial charge on any atom is 0.256 e. The van der Waals surface area contributed by atoms with Gasteiger partial charge in [0, 0.05) is 36.1 Å². The summed E-state index contributed by atoms with van der Waals surface area (Å²) in [6, 6.07) is 11.0. The molecule has 0 saturated heterocycles. The molecule has 2 aromatic carbocycles. The lowest BCUT2D eigenvalue weighted by atomic mass is 9.97. The van der Waals surface area contributed by atoms with E-state index in [1.165, 1.54) is 0 Å². The average molecular weight is 323 g/mol. The van der Waals surface area contributed by atoms with Gasteiger partial charge in [0.2, 0.25) is 0 Å². The summed E-state index contributed by atoms with van der Waals surface area (Å²) in [7, 11) is 1.59. The second-order valence-electron chi connectivity index (χ2n) is 5.92. The molecule has 2 aromatic rings. The number of hydrogen-bond donors (Lipinski definition) is 3. The molecule has 0 aliphatic carbocycles. The van der Waals surface area contributed by atoms with E-state index < -0.39 is 0 Å². The van der Waals surface area contributed by atoms with Gasteiger partial charge < -0.3 is 16.0 Å².